The van der Waals surface area contributed by atoms with Crippen LogP contribution in [-0.4, -0.2) is 10.9 Å². The van der Waals surface area contributed by atoms with Crippen molar-refractivity contribution >= 4 is 5.91 Å². The number of aromatic nitrogens is 1. The first kappa shape index (κ1) is 17.7. The Morgan fingerprint density at radius 1 is 1.20 bits per heavy atom. The van der Waals surface area contributed by atoms with Gasteiger partial charge in [0.05, 0.1) is 5.69 Å². The van der Waals surface area contributed by atoms with Crippen LogP contribution in [0.4, 0.5) is 0 Å². The van der Waals surface area contributed by atoms with Gasteiger partial charge < -0.3 is 5.73 Å². The van der Waals surface area contributed by atoms with Gasteiger partial charge in [-0.3, -0.25) is 9.78 Å². The largest absolute Gasteiger partial charge is 0.366 e. The molecule has 0 aliphatic heterocycles. The van der Waals surface area contributed by atoms with Crippen LogP contribution in [-0.2, 0) is 6.42 Å². The molecule has 0 atom stereocenters. The van der Waals surface area contributed by atoms with Crippen molar-refractivity contribution in [1.82, 2.24) is 4.98 Å². The van der Waals surface area contributed by atoms with E-state index in [0.717, 1.165) is 23.6 Å². The zero-order valence-corrected chi connectivity index (χ0v) is 15.3. The second kappa shape index (κ2) is 7.38. The van der Waals surface area contributed by atoms with Gasteiger partial charge in [-0.1, -0.05) is 32.0 Å². The number of pyridine rings is 1. The fourth-order valence-corrected chi connectivity index (χ4v) is 3.69. The SMILES string of the molecule is CC1(C)CCC(CCc2ccc(-c3cccc(C(N)=O)c3)nc2)CC1. The van der Waals surface area contributed by atoms with Crippen LogP contribution < -0.4 is 5.73 Å². The van der Waals surface area contributed by atoms with Gasteiger partial charge in [-0.25, -0.2) is 0 Å². The van der Waals surface area contributed by atoms with Gasteiger partial charge in [0, 0.05) is 17.3 Å². The number of aryl methyl sites for hydroxylation is 1. The Balaban J connectivity index is 1.59. The molecule has 1 aliphatic carbocycles. The van der Waals surface area contributed by atoms with Gasteiger partial charge >= 0.3 is 0 Å². The summed E-state index contributed by atoms with van der Waals surface area (Å²) in [5.74, 6) is 0.453. The Morgan fingerprint density at radius 3 is 2.60 bits per heavy atom. The van der Waals surface area contributed by atoms with E-state index >= 15 is 0 Å². The fourth-order valence-electron chi connectivity index (χ4n) is 3.69. The molecule has 1 heterocycles. The summed E-state index contributed by atoms with van der Waals surface area (Å²) in [5.41, 5.74) is 9.51. The summed E-state index contributed by atoms with van der Waals surface area (Å²) in [7, 11) is 0. The number of hydrogen-bond donors (Lipinski definition) is 1. The molecule has 0 spiro atoms. The van der Waals surface area contributed by atoms with Crippen molar-refractivity contribution in [1.29, 1.82) is 0 Å². The number of hydrogen-bond acceptors (Lipinski definition) is 2. The molecule has 3 nitrogen and oxygen atoms in total. The van der Waals surface area contributed by atoms with Crippen molar-refractivity contribution in [2.45, 2.75) is 52.4 Å². The van der Waals surface area contributed by atoms with Crippen molar-refractivity contribution in [3.63, 3.8) is 0 Å². The minimum atomic E-state index is -0.408. The molecule has 0 bridgehead atoms. The maximum absolute atomic E-state index is 11.3. The molecule has 1 aliphatic rings. The second-order valence-corrected chi connectivity index (χ2v) is 8.14. The lowest BCUT2D eigenvalue weighted by molar-refractivity contribution is 0.100. The summed E-state index contributed by atoms with van der Waals surface area (Å²) in [5, 5.41) is 0. The fraction of sp³-hybridized carbons (Fsp3) is 0.455. The molecule has 132 valence electrons. The number of carbonyl (C=O) groups is 1. The molecule has 1 saturated carbocycles. The number of primary amides is 1. The smallest absolute Gasteiger partial charge is 0.248 e. The maximum atomic E-state index is 11.3. The topological polar surface area (TPSA) is 56.0 Å². The second-order valence-electron chi connectivity index (χ2n) is 8.14. The van der Waals surface area contributed by atoms with Gasteiger partial charge in [0.15, 0.2) is 0 Å². The highest BCUT2D eigenvalue weighted by Gasteiger charge is 2.26. The van der Waals surface area contributed by atoms with Crippen molar-refractivity contribution in [3.8, 4) is 11.3 Å². The highest BCUT2D eigenvalue weighted by Crippen LogP contribution is 2.39. The van der Waals surface area contributed by atoms with Crippen LogP contribution >= 0.6 is 0 Å². The Morgan fingerprint density at radius 2 is 1.96 bits per heavy atom. The van der Waals surface area contributed by atoms with Crippen LogP contribution in [0.25, 0.3) is 11.3 Å². The van der Waals surface area contributed by atoms with E-state index in [-0.39, 0.29) is 0 Å². The summed E-state index contributed by atoms with van der Waals surface area (Å²) in [6.45, 7) is 4.78. The molecule has 1 aromatic heterocycles. The first-order valence-corrected chi connectivity index (χ1v) is 9.28. The third kappa shape index (κ3) is 4.68. The molecule has 0 saturated heterocycles. The van der Waals surface area contributed by atoms with E-state index in [2.05, 4.69) is 24.9 Å². The van der Waals surface area contributed by atoms with Crippen molar-refractivity contribution in [2.75, 3.05) is 0 Å². The lowest BCUT2D eigenvalue weighted by Crippen LogP contribution is -2.21. The molecule has 0 unspecified atom stereocenters. The predicted octanol–water partition coefficient (Wildman–Crippen LogP) is 5.00. The predicted molar refractivity (Wildman–Crippen MR) is 102 cm³/mol. The number of benzene rings is 1. The molecule has 1 amide bonds. The Labute approximate surface area is 150 Å². The summed E-state index contributed by atoms with van der Waals surface area (Å²) >= 11 is 0. The summed E-state index contributed by atoms with van der Waals surface area (Å²) in [6.07, 6.45) is 9.75. The van der Waals surface area contributed by atoms with Crippen LogP contribution in [0.15, 0.2) is 42.6 Å². The van der Waals surface area contributed by atoms with Gasteiger partial charge in [0.25, 0.3) is 0 Å². The number of nitrogens with two attached hydrogens (primary N) is 1. The minimum absolute atomic E-state index is 0.408. The molecule has 25 heavy (non-hydrogen) atoms. The quantitative estimate of drug-likeness (QED) is 0.835. The van der Waals surface area contributed by atoms with E-state index in [0.29, 0.717) is 11.0 Å². The zero-order valence-electron chi connectivity index (χ0n) is 15.3. The normalized spacial score (nSPS) is 17.4. The molecule has 1 aromatic carbocycles. The summed E-state index contributed by atoms with van der Waals surface area (Å²) in [6, 6.07) is 11.5. The van der Waals surface area contributed by atoms with Gasteiger partial charge in [-0.15, -0.1) is 0 Å². The van der Waals surface area contributed by atoms with Gasteiger partial charge in [-0.2, -0.15) is 0 Å². The molecular weight excluding hydrogens is 308 g/mol. The Kier molecular flexibility index (Phi) is 5.22. The van der Waals surface area contributed by atoms with Gasteiger partial charge in [-0.05, 0) is 73.6 Å². The third-order valence-corrected chi connectivity index (χ3v) is 5.57. The van der Waals surface area contributed by atoms with Crippen LogP contribution in [0.5, 0.6) is 0 Å². The Bertz CT molecular complexity index is 724. The van der Waals surface area contributed by atoms with Crippen molar-refractivity contribution in [2.24, 2.45) is 17.1 Å². The highest BCUT2D eigenvalue weighted by molar-refractivity contribution is 5.93. The zero-order chi connectivity index (χ0) is 17.9. The standard InChI is InChI=1S/C22H28N2O/c1-22(2)12-10-16(11-13-22)6-7-17-8-9-20(24-15-17)18-4-3-5-19(14-18)21(23)25/h3-5,8-9,14-16H,6-7,10-13H2,1-2H3,(H2,23,25). The molecular formula is C22H28N2O. The van der Waals surface area contributed by atoms with Crippen LogP contribution in [0, 0.1) is 11.3 Å². The molecule has 3 rings (SSSR count). The molecule has 1 fully saturated rings. The Hall–Kier alpha value is -2.16. The van der Waals surface area contributed by atoms with Crippen LogP contribution in [0.1, 0.15) is 61.9 Å². The first-order chi connectivity index (χ1) is 11.9. The average Bonchev–Trinajstić information content (AvgIpc) is 2.61. The van der Waals surface area contributed by atoms with E-state index in [1.807, 2.05) is 24.4 Å². The minimum Gasteiger partial charge on any atom is -0.366 e. The molecule has 2 aromatic rings. The highest BCUT2D eigenvalue weighted by atomic mass is 16.1. The number of carbonyl (C=O) groups excluding carboxylic acids is 1. The number of rotatable bonds is 5. The number of nitrogens with zero attached hydrogens (tertiary/aromatic N) is 1. The first-order valence-electron chi connectivity index (χ1n) is 9.28. The maximum Gasteiger partial charge on any atom is 0.248 e. The van der Waals surface area contributed by atoms with E-state index in [1.165, 1.54) is 37.7 Å². The molecule has 0 radical (unpaired) electrons. The monoisotopic (exact) mass is 336 g/mol. The summed E-state index contributed by atoms with van der Waals surface area (Å²) in [4.78, 5) is 15.9. The van der Waals surface area contributed by atoms with Crippen molar-refractivity contribution < 1.29 is 4.79 Å². The molecule has 3 heteroatoms. The van der Waals surface area contributed by atoms with E-state index in [4.69, 9.17) is 5.73 Å². The van der Waals surface area contributed by atoms with Crippen LogP contribution in [0.2, 0.25) is 0 Å². The summed E-state index contributed by atoms with van der Waals surface area (Å²) < 4.78 is 0. The third-order valence-electron chi connectivity index (χ3n) is 5.57. The lowest BCUT2D eigenvalue weighted by Gasteiger charge is -2.34. The number of amides is 1. The van der Waals surface area contributed by atoms with Gasteiger partial charge in [0.1, 0.15) is 0 Å². The lowest BCUT2D eigenvalue weighted by atomic mass is 9.72. The van der Waals surface area contributed by atoms with E-state index in [9.17, 15) is 4.79 Å². The van der Waals surface area contributed by atoms with Crippen LogP contribution in [0.3, 0.4) is 0 Å². The van der Waals surface area contributed by atoms with Crippen molar-refractivity contribution in [3.05, 3.63) is 53.7 Å². The molecule has 2 N–H and O–H groups in total. The van der Waals surface area contributed by atoms with Gasteiger partial charge in [0.2, 0.25) is 5.91 Å². The average molecular weight is 336 g/mol. The van der Waals surface area contributed by atoms with E-state index < -0.39 is 5.91 Å². The van der Waals surface area contributed by atoms with E-state index in [1.54, 1.807) is 12.1 Å².